The molecule has 1 saturated heterocycles. The second kappa shape index (κ2) is 7.43. The molecular weight excluding hydrogens is 430 g/mol. The Morgan fingerprint density at radius 3 is 2.62 bits per heavy atom. The van der Waals surface area contributed by atoms with E-state index in [0.717, 1.165) is 46.3 Å². The minimum Gasteiger partial charge on any atom is -0.376 e. The number of rotatable bonds is 4. The third-order valence-corrected chi connectivity index (χ3v) is 6.33. The highest BCUT2D eigenvalue weighted by molar-refractivity contribution is 9.10. The first-order valence-corrected chi connectivity index (χ1v) is 10.7. The van der Waals surface area contributed by atoms with Gasteiger partial charge in [-0.2, -0.15) is 5.10 Å². The van der Waals surface area contributed by atoms with Gasteiger partial charge in [-0.1, -0.05) is 57.9 Å². The Bertz CT molecular complexity index is 1040. The van der Waals surface area contributed by atoms with Crippen molar-refractivity contribution in [3.63, 3.8) is 0 Å². The molecule has 2 aromatic carbocycles. The van der Waals surface area contributed by atoms with E-state index in [-0.39, 0.29) is 18.1 Å². The molecule has 3 aromatic rings. The second-order valence-electron chi connectivity index (χ2n) is 7.77. The number of aromatic nitrogens is 2. The third kappa shape index (κ3) is 3.30. The summed E-state index contributed by atoms with van der Waals surface area (Å²) in [6.07, 6.45) is 2.14. The first-order valence-electron chi connectivity index (χ1n) is 9.95. The predicted molar refractivity (Wildman–Crippen MR) is 115 cm³/mol. The molecule has 3 heterocycles. The monoisotopic (exact) mass is 451 g/mol. The second-order valence-corrected chi connectivity index (χ2v) is 8.69. The van der Waals surface area contributed by atoms with Crippen LogP contribution in [0.25, 0.3) is 11.3 Å². The fourth-order valence-electron chi connectivity index (χ4n) is 4.32. The van der Waals surface area contributed by atoms with Crippen molar-refractivity contribution in [1.82, 2.24) is 15.1 Å². The van der Waals surface area contributed by atoms with Crippen molar-refractivity contribution in [3.05, 3.63) is 75.4 Å². The van der Waals surface area contributed by atoms with Crippen molar-refractivity contribution in [2.45, 2.75) is 31.9 Å². The molecule has 1 N–H and O–H groups in total. The molecule has 2 aliphatic heterocycles. The van der Waals surface area contributed by atoms with E-state index in [4.69, 9.17) is 4.74 Å². The first kappa shape index (κ1) is 18.6. The summed E-state index contributed by atoms with van der Waals surface area (Å²) in [5.74, 6) is -0.00530. The van der Waals surface area contributed by atoms with Gasteiger partial charge in [-0.3, -0.25) is 9.89 Å². The molecule has 5 nitrogen and oxygen atoms in total. The molecule has 2 unspecified atom stereocenters. The molecule has 0 saturated carbocycles. The minimum atomic E-state index is -0.176. The maximum absolute atomic E-state index is 13.3. The summed E-state index contributed by atoms with van der Waals surface area (Å²) >= 11 is 3.52. The molecule has 148 valence electrons. The summed E-state index contributed by atoms with van der Waals surface area (Å²) in [4.78, 5) is 15.3. The van der Waals surface area contributed by atoms with Crippen molar-refractivity contribution < 1.29 is 9.53 Å². The summed E-state index contributed by atoms with van der Waals surface area (Å²) < 4.78 is 6.86. The lowest BCUT2D eigenvalue weighted by molar-refractivity contribution is 0.0495. The average Bonchev–Trinajstić information content (AvgIpc) is 3.44. The van der Waals surface area contributed by atoms with Crippen LogP contribution in [0.5, 0.6) is 0 Å². The molecule has 5 rings (SSSR count). The number of aromatic amines is 1. The van der Waals surface area contributed by atoms with E-state index >= 15 is 0 Å². The van der Waals surface area contributed by atoms with Gasteiger partial charge in [0.05, 0.1) is 17.8 Å². The van der Waals surface area contributed by atoms with E-state index < -0.39 is 0 Å². The van der Waals surface area contributed by atoms with Crippen LogP contribution in [0.3, 0.4) is 0 Å². The van der Waals surface area contributed by atoms with E-state index in [2.05, 4.69) is 69.4 Å². The Kier molecular flexibility index (Phi) is 4.76. The number of nitrogens with one attached hydrogen (secondary N) is 1. The zero-order valence-corrected chi connectivity index (χ0v) is 17.8. The Labute approximate surface area is 178 Å². The number of nitrogens with zero attached hydrogens (tertiary/aromatic N) is 2. The number of fused-ring (bicyclic) bond motifs is 1. The normalized spacial score (nSPS) is 21.0. The Morgan fingerprint density at radius 2 is 1.93 bits per heavy atom. The van der Waals surface area contributed by atoms with Crippen LogP contribution in [0.4, 0.5) is 0 Å². The number of carbonyl (C=O) groups is 1. The van der Waals surface area contributed by atoms with Gasteiger partial charge in [-0.05, 0) is 37.5 Å². The number of carbonyl (C=O) groups excluding carboxylic acids is 1. The molecule has 6 heteroatoms. The van der Waals surface area contributed by atoms with Crippen LogP contribution in [-0.2, 0) is 4.74 Å². The molecule has 2 atom stereocenters. The summed E-state index contributed by atoms with van der Waals surface area (Å²) in [5, 5.41) is 7.56. The van der Waals surface area contributed by atoms with Crippen LogP contribution in [-0.4, -0.2) is 40.3 Å². The maximum atomic E-state index is 13.3. The van der Waals surface area contributed by atoms with Gasteiger partial charge in [0.1, 0.15) is 5.69 Å². The fourth-order valence-corrected chi connectivity index (χ4v) is 4.58. The molecule has 0 radical (unpaired) electrons. The molecule has 1 aromatic heterocycles. The molecule has 0 aliphatic carbocycles. The van der Waals surface area contributed by atoms with Crippen molar-refractivity contribution in [2.24, 2.45) is 0 Å². The number of halogens is 1. The van der Waals surface area contributed by atoms with Gasteiger partial charge >= 0.3 is 0 Å². The van der Waals surface area contributed by atoms with Crippen LogP contribution in [0.2, 0.25) is 0 Å². The van der Waals surface area contributed by atoms with Crippen LogP contribution < -0.4 is 0 Å². The molecule has 0 spiro atoms. The van der Waals surface area contributed by atoms with Crippen LogP contribution in [0, 0.1) is 6.92 Å². The number of ether oxygens (including phenoxy) is 1. The molecule has 2 aliphatic rings. The average molecular weight is 452 g/mol. The molecule has 0 bridgehead atoms. The summed E-state index contributed by atoms with van der Waals surface area (Å²) in [7, 11) is 0. The number of aryl methyl sites for hydroxylation is 1. The molecular formula is C23H22BrN3O2. The highest BCUT2D eigenvalue weighted by Gasteiger charge is 2.43. The lowest BCUT2D eigenvalue weighted by Crippen LogP contribution is -2.36. The van der Waals surface area contributed by atoms with Crippen LogP contribution in [0.1, 0.15) is 46.1 Å². The standard InChI is InChI=1S/C23H22BrN3O2/c1-14-4-6-15(7-5-14)20-19-21(26-25-20)23(28)27(13-18-3-2-12-29-18)22(19)16-8-10-17(24)11-9-16/h4-11,18,22H,2-3,12-13H2,1H3,(H,25,26). The molecule has 1 fully saturated rings. The summed E-state index contributed by atoms with van der Waals surface area (Å²) in [6.45, 7) is 3.43. The number of amides is 1. The highest BCUT2D eigenvalue weighted by atomic mass is 79.9. The quantitative estimate of drug-likeness (QED) is 0.615. The Morgan fingerprint density at radius 1 is 1.17 bits per heavy atom. The predicted octanol–water partition coefficient (Wildman–Crippen LogP) is 4.87. The van der Waals surface area contributed by atoms with Crippen molar-refractivity contribution in [2.75, 3.05) is 13.2 Å². The van der Waals surface area contributed by atoms with E-state index in [9.17, 15) is 4.79 Å². The van der Waals surface area contributed by atoms with Gasteiger partial charge in [-0.25, -0.2) is 0 Å². The van der Waals surface area contributed by atoms with Gasteiger partial charge < -0.3 is 9.64 Å². The number of H-pyrrole nitrogens is 1. The summed E-state index contributed by atoms with van der Waals surface area (Å²) in [6, 6.07) is 16.3. The van der Waals surface area contributed by atoms with Crippen molar-refractivity contribution in [1.29, 1.82) is 0 Å². The largest absolute Gasteiger partial charge is 0.376 e. The van der Waals surface area contributed by atoms with E-state index in [0.29, 0.717) is 12.2 Å². The lowest BCUT2D eigenvalue weighted by atomic mass is 9.95. The lowest BCUT2D eigenvalue weighted by Gasteiger charge is -2.28. The van der Waals surface area contributed by atoms with Gasteiger partial charge in [-0.15, -0.1) is 0 Å². The molecule has 1 amide bonds. The number of benzene rings is 2. The van der Waals surface area contributed by atoms with Gasteiger partial charge in [0.15, 0.2) is 0 Å². The maximum Gasteiger partial charge on any atom is 0.273 e. The van der Waals surface area contributed by atoms with Crippen LogP contribution >= 0.6 is 15.9 Å². The summed E-state index contributed by atoms with van der Waals surface area (Å²) in [5.41, 5.74) is 5.68. The van der Waals surface area contributed by atoms with Crippen LogP contribution in [0.15, 0.2) is 53.0 Å². The topological polar surface area (TPSA) is 58.2 Å². The minimum absolute atomic E-state index is 0.00530. The zero-order valence-electron chi connectivity index (χ0n) is 16.2. The highest BCUT2D eigenvalue weighted by Crippen LogP contribution is 2.43. The van der Waals surface area contributed by atoms with Crippen molar-refractivity contribution in [3.8, 4) is 11.3 Å². The number of hydrogen-bond donors (Lipinski definition) is 1. The number of hydrogen-bond acceptors (Lipinski definition) is 3. The van der Waals surface area contributed by atoms with Gasteiger partial charge in [0.25, 0.3) is 5.91 Å². The fraction of sp³-hybridized carbons (Fsp3) is 0.304. The third-order valence-electron chi connectivity index (χ3n) is 5.80. The van der Waals surface area contributed by atoms with Crippen molar-refractivity contribution >= 4 is 21.8 Å². The smallest absolute Gasteiger partial charge is 0.273 e. The van der Waals surface area contributed by atoms with E-state index in [1.165, 1.54) is 5.56 Å². The SMILES string of the molecule is Cc1ccc(-c2n[nH]c3c2C(c2ccc(Br)cc2)N(CC2CCCO2)C3=O)cc1. The Balaban J connectivity index is 1.61. The van der Waals surface area contributed by atoms with Gasteiger partial charge in [0.2, 0.25) is 0 Å². The molecule has 29 heavy (non-hydrogen) atoms. The van der Waals surface area contributed by atoms with Gasteiger partial charge in [0, 0.05) is 28.8 Å². The Hall–Kier alpha value is -2.44. The zero-order chi connectivity index (χ0) is 20.0. The first-order chi connectivity index (χ1) is 14.1. The van der Waals surface area contributed by atoms with E-state index in [1.54, 1.807) is 0 Å². The van der Waals surface area contributed by atoms with E-state index in [1.807, 2.05) is 17.0 Å².